The summed E-state index contributed by atoms with van der Waals surface area (Å²) in [5.74, 6) is 0. The third-order valence-corrected chi connectivity index (χ3v) is 2.88. The van der Waals surface area contributed by atoms with Crippen molar-refractivity contribution in [2.45, 2.75) is 0 Å². The minimum atomic E-state index is 0.626. The minimum absolute atomic E-state index is 0.626. The van der Waals surface area contributed by atoms with Gasteiger partial charge in [0.25, 0.3) is 0 Å². The van der Waals surface area contributed by atoms with E-state index in [1.165, 1.54) is 0 Å². The fourth-order valence-corrected chi connectivity index (χ4v) is 1.99. The number of nitrogens with zero attached hydrogens (tertiary/aromatic N) is 1. The summed E-state index contributed by atoms with van der Waals surface area (Å²) < 4.78 is 5.25. The molecule has 2 aromatic carbocycles. The lowest BCUT2D eigenvalue weighted by Gasteiger charge is -2.02. The number of hydrogen-bond donors (Lipinski definition) is 1. The standard InChI is InChI=1S/C13H9ClN2O/c14-8-5-6-11(15)10(7-8)13-9-3-1-2-4-12(9)17-16-13/h1-7H,15H2. The molecule has 17 heavy (non-hydrogen) atoms. The summed E-state index contributed by atoms with van der Waals surface area (Å²) in [4.78, 5) is 0. The molecule has 1 heterocycles. The zero-order chi connectivity index (χ0) is 11.8. The zero-order valence-corrected chi connectivity index (χ0v) is 9.61. The smallest absolute Gasteiger partial charge is 0.167 e. The zero-order valence-electron chi connectivity index (χ0n) is 8.85. The second kappa shape index (κ2) is 3.79. The molecule has 3 aromatic rings. The van der Waals surface area contributed by atoms with E-state index in [1.807, 2.05) is 24.3 Å². The first-order valence-corrected chi connectivity index (χ1v) is 5.53. The van der Waals surface area contributed by atoms with Crippen LogP contribution >= 0.6 is 11.6 Å². The molecular weight excluding hydrogens is 236 g/mol. The van der Waals surface area contributed by atoms with Crippen LogP contribution in [0.1, 0.15) is 0 Å². The Morgan fingerprint density at radius 3 is 2.82 bits per heavy atom. The van der Waals surface area contributed by atoms with E-state index in [9.17, 15) is 0 Å². The van der Waals surface area contributed by atoms with Crippen molar-refractivity contribution in [3.8, 4) is 11.3 Å². The van der Waals surface area contributed by atoms with Gasteiger partial charge in [0.05, 0.1) is 0 Å². The molecule has 1 aromatic heterocycles. The van der Waals surface area contributed by atoms with Crippen LogP contribution in [0.15, 0.2) is 47.0 Å². The maximum absolute atomic E-state index is 5.97. The Morgan fingerprint density at radius 2 is 1.94 bits per heavy atom. The molecular formula is C13H9ClN2O. The second-order valence-corrected chi connectivity index (χ2v) is 4.20. The van der Waals surface area contributed by atoms with E-state index in [-0.39, 0.29) is 0 Å². The highest BCUT2D eigenvalue weighted by atomic mass is 35.5. The Balaban J connectivity index is 2.31. The maximum atomic E-state index is 5.97. The average Bonchev–Trinajstić information content (AvgIpc) is 2.76. The molecule has 84 valence electrons. The minimum Gasteiger partial charge on any atom is -0.398 e. The molecule has 0 radical (unpaired) electrons. The van der Waals surface area contributed by atoms with Gasteiger partial charge in [-0.05, 0) is 30.3 Å². The third kappa shape index (κ3) is 1.65. The molecule has 0 fully saturated rings. The number of para-hydroxylation sites is 1. The molecule has 2 N–H and O–H groups in total. The highest BCUT2D eigenvalue weighted by molar-refractivity contribution is 6.31. The Hall–Kier alpha value is -2.00. The van der Waals surface area contributed by atoms with E-state index in [2.05, 4.69) is 5.16 Å². The normalized spacial score (nSPS) is 10.9. The van der Waals surface area contributed by atoms with E-state index in [1.54, 1.807) is 18.2 Å². The van der Waals surface area contributed by atoms with Gasteiger partial charge >= 0.3 is 0 Å². The van der Waals surface area contributed by atoms with Crippen LogP contribution in [0.3, 0.4) is 0 Å². The lowest BCUT2D eigenvalue weighted by molar-refractivity contribution is 0.459. The van der Waals surface area contributed by atoms with Gasteiger partial charge in [0.1, 0.15) is 5.69 Å². The van der Waals surface area contributed by atoms with Crippen molar-refractivity contribution >= 4 is 28.3 Å². The van der Waals surface area contributed by atoms with Gasteiger partial charge in [-0.2, -0.15) is 0 Å². The predicted octanol–water partition coefficient (Wildman–Crippen LogP) is 3.73. The Kier molecular flexibility index (Phi) is 2.27. The number of fused-ring (bicyclic) bond motifs is 1. The molecule has 3 rings (SSSR count). The summed E-state index contributed by atoms with van der Waals surface area (Å²) in [6.07, 6.45) is 0. The molecule has 0 aliphatic heterocycles. The van der Waals surface area contributed by atoms with Crippen LogP contribution < -0.4 is 5.73 Å². The average molecular weight is 245 g/mol. The number of rotatable bonds is 1. The van der Waals surface area contributed by atoms with Gasteiger partial charge in [0, 0.05) is 21.7 Å². The first-order valence-electron chi connectivity index (χ1n) is 5.15. The highest BCUT2D eigenvalue weighted by Gasteiger charge is 2.12. The Labute approximate surface area is 103 Å². The summed E-state index contributed by atoms with van der Waals surface area (Å²) in [6, 6.07) is 13.0. The number of aromatic nitrogens is 1. The van der Waals surface area contributed by atoms with Crippen molar-refractivity contribution in [1.82, 2.24) is 5.16 Å². The lowest BCUT2D eigenvalue weighted by atomic mass is 10.1. The first kappa shape index (κ1) is 10.2. The van der Waals surface area contributed by atoms with Crippen molar-refractivity contribution in [1.29, 1.82) is 0 Å². The SMILES string of the molecule is Nc1ccc(Cl)cc1-c1noc2ccccc12. The molecule has 0 amide bonds. The van der Waals surface area contributed by atoms with Gasteiger partial charge in [-0.15, -0.1) is 0 Å². The molecule has 0 spiro atoms. The summed E-state index contributed by atoms with van der Waals surface area (Å²) in [5.41, 5.74) is 8.82. The monoisotopic (exact) mass is 244 g/mol. The summed E-state index contributed by atoms with van der Waals surface area (Å²) >= 11 is 5.97. The lowest BCUT2D eigenvalue weighted by Crippen LogP contribution is -1.90. The van der Waals surface area contributed by atoms with Crippen LogP contribution in [-0.2, 0) is 0 Å². The molecule has 0 aliphatic carbocycles. The molecule has 0 saturated carbocycles. The van der Waals surface area contributed by atoms with Crippen molar-refractivity contribution in [2.24, 2.45) is 0 Å². The van der Waals surface area contributed by atoms with Crippen LogP contribution in [0.5, 0.6) is 0 Å². The van der Waals surface area contributed by atoms with E-state index in [0.717, 1.165) is 22.2 Å². The molecule has 0 saturated heterocycles. The number of halogens is 1. The largest absolute Gasteiger partial charge is 0.398 e. The van der Waals surface area contributed by atoms with E-state index in [4.69, 9.17) is 21.9 Å². The van der Waals surface area contributed by atoms with Gasteiger partial charge in [0.15, 0.2) is 5.58 Å². The Bertz CT molecular complexity index is 691. The molecule has 0 aliphatic rings. The fraction of sp³-hybridized carbons (Fsp3) is 0. The van der Waals surface area contributed by atoms with Gasteiger partial charge in [0.2, 0.25) is 0 Å². The highest BCUT2D eigenvalue weighted by Crippen LogP contribution is 2.33. The number of nitrogens with two attached hydrogens (primary N) is 1. The van der Waals surface area contributed by atoms with Crippen LogP contribution in [0.2, 0.25) is 5.02 Å². The molecule has 0 unspecified atom stereocenters. The van der Waals surface area contributed by atoms with Gasteiger partial charge in [-0.25, -0.2) is 0 Å². The summed E-state index contributed by atoms with van der Waals surface area (Å²) in [7, 11) is 0. The van der Waals surface area contributed by atoms with Crippen molar-refractivity contribution in [3.05, 3.63) is 47.5 Å². The quantitative estimate of drug-likeness (QED) is 0.664. The third-order valence-electron chi connectivity index (χ3n) is 2.65. The summed E-state index contributed by atoms with van der Waals surface area (Å²) in [5, 5.41) is 5.61. The number of nitrogen functional groups attached to an aromatic ring is 1. The van der Waals surface area contributed by atoms with Crippen molar-refractivity contribution < 1.29 is 4.52 Å². The molecule has 4 heteroatoms. The van der Waals surface area contributed by atoms with Crippen LogP contribution in [0.25, 0.3) is 22.2 Å². The van der Waals surface area contributed by atoms with Gasteiger partial charge in [-0.1, -0.05) is 28.9 Å². The van der Waals surface area contributed by atoms with Crippen molar-refractivity contribution in [2.75, 3.05) is 5.73 Å². The van der Waals surface area contributed by atoms with Crippen molar-refractivity contribution in [3.63, 3.8) is 0 Å². The van der Waals surface area contributed by atoms with Gasteiger partial charge < -0.3 is 10.3 Å². The van der Waals surface area contributed by atoms with Crippen LogP contribution in [0, 0.1) is 0 Å². The topological polar surface area (TPSA) is 52.0 Å². The van der Waals surface area contributed by atoms with E-state index >= 15 is 0 Å². The molecule has 0 atom stereocenters. The van der Waals surface area contributed by atoms with E-state index < -0.39 is 0 Å². The number of benzene rings is 2. The second-order valence-electron chi connectivity index (χ2n) is 3.76. The summed E-state index contributed by atoms with van der Waals surface area (Å²) in [6.45, 7) is 0. The molecule has 3 nitrogen and oxygen atoms in total. The Morgan fingerprint density at radius 1 is 1.12 bits per heavy atom. The number of hydrogen-bond acceptors (Lipinski definition) is 3. The maximum Gasteiger partial charge on any atom is 0.167 e. The van der Waals surface area contributed by atoms with Crippen LogP contribution in [-0.4, -0.2) is 5.16 Å². The van der Waals surface area contributed by atoms with Crippen LogP contribution in [0.4, 0.5) is 5.69 Å². The predicted molar refractivity (Wildman–Crippen MR) is 68.9 cm³/mol. The first-order chi connectivity index (χ1) is 8.25. The fourth-order valence-electron chi connectivity index (χ4n) is 1.81. The molecule has 0 bridgehead atoms. The van der Waals surface area contributed by atoms with Gasteiger partial charge in [-0.3, -0.25) is 0 Å². The number of anilines is 1. The van der Waals surface area contributed by atoms with E-state index in [0.29, 0.717) is 10.7 Å².